The fourth-order valence-corrected chi connectivity index (χ4v) is 2.65. The number of rotatable bonds is 1. The van der Waals surface area contributed by atoms with Gasteiger partial charge in [-0.15, -0.1) is 0 Å². The van der Waals surface area contributed by atoms with Crippen molar-refractivity contribution in [2.24, 2.45) is 11.8 Å². The van der Waals surface area contributed by atoms with Gasteiger partial charge < -0.3 is 9.47 Å². The van der Waals surface area contributed by atoms with E-state index in [1.807, 2.05) is 6.92 Å². The van der Waals surface area contributed by atoms with Crippen molar-refractivity contribution in [1.29, 1.82) is 0 Å². The normalized spacial score (nSPS) is 43.4. The van der Waals surface area contributed by atoms with Gasteiger partial charge >= 0.3 is 5.97 Å². The van der Waals surface area contributed by atoms with Crippen LogP contribution in [0.15, 0.2) is 0 Å². The minimum Gasteiger partial charge on any atom is -0.459 e. The van der Waals surface area contributed by atoms with Crippen molar-refractivity contribution >= 4 is 21.9 Å². The van der Waals surface area contributed by atoms with E-state index >= 15 is 0 Å². The van der Waals surface area contributed by atoms with Crippen LogP contribution < -0.4 is 0 Å². The van der Waals surface area contributed by atoms with Gasteiger partial charge in [0.1, 0.15) is 11.1 Å². The summed E-state index contributed by atoms with van der Waals surface area (Å²) in [5, 5.41) is -0.187. The molecule has 0 bridgehead atoms. The van der Waals surface area contributed by atoms with Crippen molar-refractivity contribution in [2.45, 2.75) is 44.9 Å². The third-order valence-electron chi connectivity index (χ3n) is 2.99. The smallest absolute Gasteiger partial charge is 0.303 e. The zero-order valence-electron chi connectivity index (χ0n) is 8.99. The van der Waals surface area contributed by atoms with Gasteiger partial charge in [-0.25, -0.2) is 0 Å². The average molecular weight is 265 g/mol. The summed E-state index contributed by atoms with van der Waals surface area (Å²) in [4.78, 5) is 10.9. The average Bonchev–Trinajstić information content (AvgIpc) is 2.09. The predicted octanol–water partition coefficient (Wildman–Crippen LogP) is 2.33. The molecular weight excluding hydrogens is 248 g/mol. The number of carbonyl (C=O) groups is 1. The van der Waals surface area contributed by atoms with E-state index in [0.717, 1.165) is 0 Å². The summed E-state index contributed by atoms with van der Waals surface area (Å²) in [5.41, 5.74) is 0. The van der Waals surface area contributed by atoms with Gasteiger partial charge in [0.05, 0.1) is 6.10 Å². The molecule has 0 spiro atoms. The fraction of sp³-hybridized carbons (Fsp3) is 0.900. The van der Waals surface area contributed by atoms with Gasteiger partial charge in [0, 0.05) is 12.8 Å². The topological polar surface area (TPSA) is 35.5 Å². The molecular formula is C10H17BrO3. The molecule has 0 N–H and O–H groups in total. The number of hydrogen-bond donors (Lipinski definition) is 0. The molecule has 1 aliphatic rings. The molecule has 82 valence electrons. The molecule has 14 heavy (non-hydrogen) atoms. The lowest BCUT2D eigenvalue weighted by Gasteiger charge is -2.40. The molecule has 0 aromatic rings. The Hall–Kier alpha value is -0.0900. The van der Waals surface area contributed by atoms with Crippen LogP contribution in [-0.2, 0) is 14.3 Å². The molecule has 0 aliphatic carbocycles. The van der Waals surface area contributed by atoms with E-state index in [9.17, 15) is 4.79 Å². The molecule has 1 fully saturated rings. The number of halogens is 1. The summed E-state index contributed by atoms with van der Waals surface area (Å²) < 4.78 is 10.8. The molecule has 2 unspecified atom stereocenters. The van der Waals surface area contributed by atoms with Crippen molar-refractivity contribution in [3.05, 3.63) is 0 Å². The second-order valence-corrected chi connectivity index (χ2v) is 4.89. The minimum absolute atomic E-state index is 0.182. The molecule has 3 nitrogen and oxygen atoms in total. The van der Waals surface area contributed by atoms with E-state index < -0.39 is 0 Å². The molecule has 4 heteroatoms. The van der Waals surface area contributed by atoms with Crippen LogP contribution in [0, 0.1) is 11.8 Å². The Kier molecular flexibility index (Phi) is 3.95. The summed E-state index contributed by atoms with van der Waals surface area (Å²) in [6.45, 7) is 7.67. The van der Waals surface area contributed by atoms with Gasteiger partial charge in [-0.3, -0.25) is 4.79 Å². The van der Waals surface area contributed by atoms with Crippen LogP contribution in [0.1, 0.15) is 27.7 Å². The highest BCUT2D eigenvalue weighted by Crippen LogP contribution is 2.34. The standard InChI is InChI=1S/C10H17BrO3/c1-5-6(2)9(14-8(4)12)10(11)13-7(5)3/h5-7,9-10H,1-4H3/t5-,6?,7?,9-,10-/m0/s1. The summed E-state index contributed by atoms with van der Waals surface area (Å²) in [6, 6.07) is 0. The second kappa shape index (κ2) is 4.62. The number of hydrogen-bond acceptors (Lipinski definition) is 3. The molecule has 0 aromatic carbocycles. The maximum Gasteiger partial charge on any atom is 0.303 e. The molecule has 1 rings (SSSR count). The van der Waals surface area contributed by atoms with Gasteiger partial charge in [-0.05, 0) is 12.8 Å². The highest BCUT2D eigenvalue weighted by atomic mass is 79.9. The highest BCUT2D eigenvalue weighted by Gasteiger charge is 2.40. The Bertz CT molecular complexity index is 219. The first-order valence-corrected chi connectivity index (χ1v) is 5.81. The monoisotopic (exact) mass is 264 g/mol. The maximum absolute atomic E-state index is 10.9. The van der Waals surface area contributed by atoms with Crippen LogP contribution in [0.3, 0.4) is 0 Å². The first-order valence-electron chi connectivity index (χ1n) is 4.90. The molecule has 1 heterocycles. The van der Waals surface area contributed by atoms with E-state index in [0.29, 0.717) is 11.8 Å². The van der Waals surface area contributed by atoms with Gasteiger partial charge in [-0.1, -0.05) is 29.8 Å². The quantitative estimate of drug-likeness (QED) is 0.539. The SMILES string of the molecule is CC(=O)O[C@H]1C(C)[C@H](C)C(C)O[C@@H]1Br. The van der Waals surface area contributed by atoms with E-state index in [1.54, 1.807) is 0 Å². The van der Waals surface area contributed by atoms with E-state index in [-0.39, 0.29) is 23.2 Å². The van der Waals surface area contributed by atoms with Crippen molar-refractivity contribution in [2.75, 3.05) is 0 Å². The molecule has 1 saturated heterocycles. The lowest BCUT2D eigenvalue weighted by Crippen LogP contribution is -2.47. The van der Waals surface area contributed by atoms with Gasteiger partial charge in [0.2, 0.25) is 0 Å². The lowest BCUT2D eigenvalue weighted by atomic mass is 9.85. The first kappa shape index (κ1) is 12.0. The zero-order valence-corrected chi connectivity index (χ0v) is 10.6. The Morgan fingerprint density at radius 1 is 1.29 bits per heavy atom. The largest absolute Gasteiger partial charge is 0.459 e. The maximum atomic E-state index is 10.9. The van der Waals surface area contributed by atoms with E-state index in [2.05, 4.69) is 29.8 Å². The van der Waals surface area contributed by atoms with E-state index in [1.165, 1.54) is 6.92 Å². The summed E-state index contributed by atoms with van der Waals surface area (Å²) in [7, 11) is 0. The second-order valence-electron chi connectivity index (χ2n) is 3.98. The van der Waals surface area contributed by atoms with Crippen LogP contribution in [0.2, 0.25) is 0 Å². The Morgan fingerprint density at radius 3 is 2.36 bits per heavy atom. The lowest BCUT2D eigenvalue weighted by molar-refractivity contribution is -0.173. The van der Waals surface area contributed by atoms with Gasteiger partial charge in [-0.2, -0.15) is 0 Å². The minimum atomic E-state index is -0.253. The predicted molar refractivity (Wildman–Crippen MR) is 57.1 cm³/mol. The van der Waals surface area contributed by atoms with Crippen LogP contribution in [0.25, 0.3) is 0 Å². The van der Waals surface area contributed by atoms with Crippen LogP contribution >= 0.6 is 15.9 Å². The van der Waals surface area contributed by atoms with E-state index in [4.69, 9.17) is 9.47 Å². The molecule has 0 saturated carbocycles. The molecule has 1 aliphatic heterocycles. The molecule has 5 atom stereocenters. The zero-order chi connectivity index (χ0) is 10.9. The van der Waals surface area contributed by atoms with Crippen molar-refractivity contribution in [3.8, 4) is 0 Å². The number of esters is 1. The van der Waals surface area contributed by atoms with Crippen LogP contribution in [-0.4, -0.2) is 23.2 Å². The Balaban J connectivity index is 2.68. The molecule has 0 radical (unpaired) electrons. The third-order valence-corrected chi connectivity index (χ3v) is 3.73. The number of ether oxygens (including phenoxy) is 2. The van der Waals surface area contributed by atoms with Gasteiger partial charge in [0.25, 0.3) is 0 Å². The third kappa shape index (κ3) is 2.48. The van der Waals surface area contributed by atoms with Crippen molar-refractivity contribution in [3.63, 3.8) is 0 Å². The fourth-order valence-electron chi connectivity index (χ4n) is 1.72. The first-order chi connectivity index (χ1) is 6.43. The summed E-state index contributed by atoms with van der Waals surface area (Å²) in [6.07, 6.45) is 0.0138. The molecule has 0 aromatic heterocycles. The number of carbonyl (C=O) groups excluding carboxylic acids is 1. The highest BCUT2D eigenvalue weighted by molar-refractivity contribution is 9.09. The summed E-state index contributed by atoms with van der Waals surface area (Å²) in [5.74, 6) is 0.455. The Morgan fingerprint density at radius 2 is 1.86 bits per heavy atom. The van der Waals surface area contributed by atoms with Crippen molar-refractivity contribution in [1.82, 2.24) is 0 Å². The Labute approximate surface area is 93.3 Å². The van der Waals surface area contributed by atoms with Crippen molar-refractivity contribution < 1.29 is 14.3 Å². The molecule has 0 amide bonds. The summed E-state index contributed by atoms with van der Waals surface area (Å²) >= 11 is 3.39. The number of alkyl halides is 1. The van der Waals surface area contributed by atoms with Crippen LogP contribution in [0.5, 0.6) is 0 Å². The van der Waals surface area contributed by atoms with Crippen LogP contribution in [0.4, 0.5) is 0 Å². The van der Waals surface area contributed by atoms with Gasteiger partial charge in [0.15, 0.2) is 0 Å².